The first-order chi connectivity index (χ1) is 9.10. The topological polar surface area (TPSA) is 86.5 Å². The van der Waals surface area contributed by atoms with E-state index in [1.54, 1.807) is 27.7 Å². The van der Waals surface area contributed by atoms with Gasteiger partial charge in [-0.25, -0.2) is 4.79 Å². The van der Waals surface area contributed by atoms with Crippen molar-refractivity contribution >= 4 is 11.8 Å². The molecule has 1 aliphatic heterocycles. The van der Waals surface area contributed by atoms with Gasteiger partial charge < -0.3 is 10.3 Å². The van der Waals surface area contributed by atoms with Gasteiger partial charge in [-0.05, 0) is 52.0 Å². The largest absolute Gasteiger partial charge is 1.00 e. The van der Waals surface area contributed by atoms with Crippen LogP contribution in [-0.4, -0.2) is 37.8 Å². The summed E-state index contributed by atoms with van der Waals surface area (Å²) in [5, 5.41) is 34.4. The Morgan fingerprint density at radius 1 is 1.19 bits per heavy atom. The average molecular weight is 316 g/mol. The predicted octanol–water partition coefficient (Wildman–Crippen LogP) is -1.14. The molecular formula is C14H17KN2O4+. The minimum absolute atomic E-state index is 0. The molecule has 1 aromatic rings. The third-order valence-electron chi connectivity index (χ3n) is 4.29. The summed E-state index contributed by atoms with van der Waals surface area (Å²) < 4.78 is 0.704. The zero-order valence-corrected chi connectivity index (χ0v) is 16.0. The smallest absolute Gasteiger partial charge is 0.714 e. The van der Waals surface area contributed by atoms with Crippen molar-refractivity contribution in [2.45, 2.75) is 38.8 Å². The third-order valence-corrected chi connectivity index (χ3v) is 4.29. The summed E-state index contributed by atoms with van der Waals surface area (Å²) in [5.41, 5.74) is -1.23. The van der Waals surface area contributed by atoms with Gasteiger partial charge in [0.1, 0.15) is 5.54 Å². The van der Waals surface area contributed by atoms with Crippen LogP contribution in [0.5, 0.6) is 0 Å². The molecule has 1 aliphatic rings. The first-order valence-electron chi connectivity index (χ1n) is 6.26. The third kappa shape index (κ3) is 2.78. The van der Waals surface area contributed by atoms with Crippen LogP contribution in [0.1, 0.15) is 43.6 Å². The number of benzene rings is 1. The number of hydroxylamine groups is 3. The molecule has 107 valence electrons. The van der Waals surface area contributed by atoms with Crippen molar-refractivity contribution in [2.75, 3.05) is 0 Å². The number of carbonyl (C=O) groups is 1. The number of hydrogen-bond donors (Lipinski definition) is 1. The monoisotopic (exact) mass is 316 g/mol. The van der Waals surface area contributed by atoms with Crippen LogP contribution in [0.3, 0.4) is 0 Å². The average Bonchev–Trinajstić information content (AvgIpc) is 2.49. The summed E-state index contributed by atoms with van der Waals surface area (Å²) in [5.74, 6) is -1.04. The van der Waals surface area contributed by atoms with Crippen molar-refractivity contribution in [3.63, 3.8) is 0 Å². The molecule has 0 aromatic heterocycles. The van der Waals surface area contributed by atoms with Crippen LogP contribution in [-0.2, 0) is 5.21 Å². The molecule has 0 amide bonds. The molecule has 0 saturated carbocycles. The Hall–Kier alpha value is -0.444. The number of rotatable bonds is 2. The van der Waals surface area contributed by atoms with E-state index in [1.807, 2.05) is 0 Å². The summed E-state index contributed by atoms with van der Waals surface area (Å²) in [6.07, 6.45) is 0. The fraction of sp³-hybridized carbons (Fsp3) is 0.429. The fourth-order valence-corrected chi connectivity index (χ4v) is 2.11. The molecule has 7 heteroatoms. The number of carboxylic acid groups (broad SMARTS) is 1. The van der Waals surface area contributed by atoms with Crippen LogP contribution in [0.25, 0.3) is 0 Å². The number of nitrogens with zero attached hydrogens (tertiary/aromatic N) is 2. The van der Waals surface area contributed by atoms with Crippen molar-refractivity contribution in [2.24, 2.45) is 0 Å². The quantitative estimate of drug-likeness (QED) is 0.425. The Morgan fingerprint density at radius 3 is 2.00 bits per heavy atom. The molecule has 0 aliphatic carbocycles. The number of amidine groups is 1. The van der Waals surface area contributed by atoms with Gasteiger partial charge in [-0.1, -0.05) is 5.06 Å². The molecule has 1 heterocycles. The molecule has 6 nitrogen and oxygen atoms in total. The summed E-state index contributed by atoms with van der Waals surface area (Å²) in [6.45, 7) is 6.85. The zero-order chi connectivity index (χ0) is 15.3. The second-order valence-electron chi connectivity index (χ2n) is 5.91. The van der Waals surface area contributed by atoms with Crippen LogP contribution in [0.4, 0.5) is 0 Å². The molecular weight excluding hydrogens is 299 g/mol. The minimum atomic E-state index is -1.05. The van der Waals surface area contributed by atoms with Crippen molar-refractivity contribution in [1.82, 2.24) is 5.06 Å². The van der Waals surface area contributed by atoms with E-state index in [1.165, 1.54) is 24.3 Å². The molecule has 0 unspecified atom stereocenters. The van der Waals surface area contributed by atoms with Crippen molar-refractivity contribution in [1.29, 1.82) is 0 Å². The maximum absolute atomic E-state index is 12.4. The van der Waals surface area contributed by atoms with Gasteiger partial charge in [0.25, 0.3) is 0 Å². The van der Waals surface area contributed by atoms with Gasteiger partial charge in [-0.15, -0.1) is 0 Å². The zero-order valence-electron chi connectivity index (χ0n) is 12.9. The van der Waals surface area contributed by atoms with E-state index in [0.717, 1.165) is 0 Å². The molecule has 1 aromatic carbocycles. The Labute approximate surface area is 166 Å². The van der Waals surface area contributed by atoms with Crippen molar-refractivity contribution in [3.05, 3.63) is 40.6 Å². The standard InChI is InChI=1S/C14H17N2O4.K/c1-13(2)14(3,4)16(20)11(15(13)19)9-5-7-10(8-6-9)12(17)18;/h5-8H,1-4H3,(H,17,18);/q;+1. The molecule has 2 rings (SSSR count). The van der Waals surface area contributed by atoms with Gasteiger partial charge >= 0.3 is 63.2 Å². The van der Waals surface area contributed by atoms with Crippen molar-refractivity contribution < 1.29 is 71.2 Å². The van der Waals surface area contributed by atoms with E-state index >= 15 is 0 Å². The van der Waals surface area contributed by atoms with Gasteiger partial charge in [0.2, 0.25) is 0 Å². The van der Waals surface area contributed by atoms with Gasteiger partial charge in [-0.3, -0.25) is 4.74 Å². The minimum Gasteiger partial charge on any atom is -0.714 e. The number of carboxylic acids is 1. The van der Waals surface area contributed by atoms with Crippen LogP contribution in [0, 0.1) is 5.21 Å². The number of hydrogen-bond acceptors (Lipinski definition) is 3. The molecule has 21 heavy (non-hydrogen) atoms. The van der Waals surface area contributed by atoms with E-state index in [9.17, 15) is 15.2 Å². The first-order valence-corrected chi connectivity index (χ1v) is 6.26. The predicted molar refractivity (Wildman–Crippen MR) is 71.8 cm³/mol. The molecule has 0 atom stereocenters. The van der Waals surface area contributed by atoms with Gasteiger partial charge in [-0.2, -0.15) is 0 Å². The molecule has 0 saturated heterocycles. The fourth-order valence-electron chi connectivity index (χ4n) is 2.11. The van der Waals surface area contributed by atoms with Crippen molar-refractivity contribution in [3.8, 4) is 0 Å². The summed E-state index contributed by atoms with van der Waals surface area (Å²) in [6, 6.07) is 5.72. The van der Waals surface area contributed by atoms with Crippen LogP contribution < -0.4 is 51.4 Å². The Balaban J connectivity index is 0.00000220. The Kier molecular flexibility index (Phi) is 5.30. The van der Waals surface area contributed by atoms with Crippen LogP contribution in [0.15, 0.2) is 24.3 Å². The molecule has 1 N–H and O–H groups in total. The van der Waals surface area contributed by atoms with E-state index in [2.05, 4.69) is 0 Å². The summed E-state index contributed by atoms with van der Waals surface area (Å²) in [4.78, 5) is 10.8. The molecule has 0 bridgehead atoms. The maximum atomic E-state index is 12.4. The number of aromatic carboxylic acids is 1. The van der Waals surface area contributed by atoms with Gasteiger partial charge in [0.05, 0.1) is 11.1 Å². The van der Waals surface area contributed by atoms with E-state index < -0.39 is 17.0 Å². The normalized spacial score (nSPS) is 19.4. The summed E-state index contributed by atoms with van der Waals surface area (Å²) >= 11 is 0. The summed E-state index contributed by atoms with van der Waals surface area (Å²) in [7, 11) is 0. The molecule has 0 fully saturated rings. The van der Waals surface area contributed by atoms with Crippen LogP contribution >= 0.6 is 0 Å². The molecule has 1 radical (unpaired) electrons. The SMILES string of the molecule is CC1(C)N([O])C(c2ccc(C(=O)O)cc2)=[N+]([O-])C1(C)C.[K+]. The maximum Gasteiger partial charge on any atom is 1.00 e. The van der Waals surface area contributed by atoms with E-state index in [4.69, 9.17) is 5.11 Å². The van der Waals surface area contributed by atoms with E-state index in [-0.39, 0.29) is 62.8 Å². The Bertz CT molecular complexity index is 593. The molecule has 0 spiro atoms. The van der Waals surface area contributed by atoms with Gasteiger partial charge in [0.15, 0.2) is 5.54 Å². The second-order valence-corrected chi connectivity index (χ2v) is 5.91. The Morgan fingerprint density at radius 2 is 1.67 bits per heavy atom. The first kappa shape index (κ1) is 18.6. The van der Waals surface area contributed by atoms with Gasteiger partial charge in [0, 0.05) is 5.21 Å². The van der Waals surface area contributed by atoms with Crippen LogP contribution in [0.2, 0.25) is 0 Å². The second kappa shape index (κ2) is 5.98. The van der Waals surface area contributed by atoms with E-state index in [0.29, 0.717) is 15.4 Å².